The molecule has 1 rings (SSSR count). The predicted molar refractivity (Wildman–Crippen MR) is 76.2 cm³/mol. The van der Waals surface area contributed by atoms with Gasteiger partial charge in [-0.2, -0.15) is 0 Å². The van der Waals surface area contributed by atoms with Crippen LogP contribution in [0.1, 0.15) is 24.2 Å². The fourth-order valence-electron chi connectivity index (χ4n) is 1.63. The van der Waals surface area contributed by atoms with Gasteiger partial charge in [0.05, 0.1) is 10.5 Å². The van der Waals surface area contributed by atoms with Gasteiger partial charge in [-0.3, -0.25) is 14.9 Å². The van der Waals surface area contributed by atoms with Crippen molar-refractivity contribution < 1.29 is 19.2 Å². The van der Waals surface area contributed by atoms with E-state index in [-0.39, 0.29) is 11.3 Å². The van der Waals surface area contributed by atoms with Crippen LogP contribution in [-0.2, 0) is 9.53 Å². The molecule has 1 aromatic carbocycles. The third-order valence-corrected chi connectivity index (χ3v) is 2.71. The topological polar surface area (TPSA) is 111 Å². The Bertz CT molecular complexity index is 559. The summed E-state index contributed by atoms with van der Waals surface area (Å²) in [7, 11) is 1.57. The van der Waals surface area contributed by atoms with Gasteiger partial charge in [-0.1, -0.05) is 0 Å². The molecule has 0 aliphatic rings. The number of carbonyl (C=O) groups excluding carboxylic acids is 2. The van der Waals surface area contributed by atoms with E-state index in [9.17, 15) is 19.7 Å². The van der Waals surface area contributed by atoms with Gasteiger partial charge in [0.15, 0.2) is 6.10 Å². The lowest BCUT2D eigenvalue weighted by Crippen LogP contribution is -2.35. The lowest BCUT2D eigenvalue weighted by atomic mass is 10.1. The maximum Gasteiger partial charge on any atom is 0.341 e. The van der Waals surface area contributed by atoms with Crippen LogP contribution in [0, 0.1) is 10.1 Å². The number of anilines is 1. The van der Waals surface area contributed by atoms with Gasteiger partial charge in [0.25, 0.3) is 11.6 Å². The minimum atomic E-state index is -0.985. The number of carbonyl (C=O) groups is 2. The highest BCUT2D eigenvalue weighted by molar-refractivity contribution is 5.98. The number of esters is 1. The molecule has 114 valence electrons. The lowest BCUT2D eigenvalue weighted by Gasteiger charge is -2.14. The molecule has 0 saturated carbocycles. The molecule has 1 aromatic rings. The predicted octanol–water partition coefficient (Wildman–Crippen LogP) is 1.32. The number of hydrogen-bond acceptors (Lipinski definition) is 6. The second-order valence-electron chi connectivity index (χ2n) is 4.18. The van der Waals surface area contributed by atoms with E-state index in [0.29, 0.717) is 12.2 Å². The van der Waals surface area contributed by atoms with Gasteiger partial charge in [0.1, 0.15) is 0 Å². The summed E-state index contributed by atoms with van der Waals surface area (Å²) in [5, 5.41) is 16.0. The van der Waals surface area contributed by atoms with E-state index in [4.69, 9.17) is 4.74 Å². The molecular weight excluding hydrogens is 278 g/mol. The van der Waals surface area contributed by atoms with E-state index in [0.717, 1.165) is 6.07 Å². The van der Waals surface area contributed by atoms with Crippen molar-refractivity contribution in [2.24, 2.45) is 0 Å². The van der Waals surface area contributed by atoms with Gasteiger partial charge in [-0.05, 0) is 19.9 Å². The molecule has 0 radical (unpaired) electrons. The average Bonchev–Trinajstić information content (AvgIpc) is 2.46. The number of nitrogens with zero attached hydrogens (tertiary/aromatic N) is 1. The van der Waals surface area contributed by atoms with Crippen molar-refractivity contribution in [3.05, 3.63) is 33.9 Å². The third kappa shape index (κ3) is 4.16. The summed E-state index contributed by atoms with van der Waals surface area (Å²) >= 11 is 0. The zero-order valence-corrected chi connectivity index (χ0v) is 12.0. The van der Waals surface area contributed by atoms with E-state index in [1.807, 2.05) is 0 Å². The minimum Gasteiger partial charge on any atom is -0.449 e. The first-order chi connectivity index (χ1) is 9.90. The highest BCUT2D eigenvalue weighted by Crippen LogP contribution is 2.23. The highest BCUT2D eigenvalue weighted by Gasteiger charge is 2.22. The summed E-state index contributed by atoms with van der Waals surface area (Å²) in [5.41, 5.74) is 0.156. The van der Waals surface area contributed by atoms with E-state index in [2.05, 4.69) is 10.6 Å². The maximum atomic E-state index is 12.1. The smallest absolute Gasteiger partial charge is 0.341 e. The van der Waals surface area contributed by atoms with E-state index in [1.165, 1.54) is 19.1 Å². The molecule has 0 spiro atoms. The average molecular weight is 295 g/mol. The van der Waals surface area contributed by atoms with Crippen molar-refractivity contribution in [1.82, 2.24) is 5.32 Å². The molecule has 1 amide bonds. The number of hydrogen-bond donors (Lipinski definition) is 2. The lowest BCUT2D eigenvalue weighted by molar-refractivity contribution is -0.384. The quantitative estimate of drug-likeness (QED) is 0.465. The standard InChI is InChI=1S/C13H17N3O5/c1-4-15-12(17)8(2)21-13(18)10-7-9(16(19)20)5-6-11(10)14-3/h5-8,14H,4H2,1-3H3,(H,15,17)/t8-/m1/s1. The molecule has 0 bridgehead atoms. The SMILES string of the molecule is CCNC(=O)[C@@H](C)OC(=O)c1cc([N+](=O)[O-])ccc1NC. The molecule has 21 heavy (non-hydrogen) atoms. The zero-order chi connectivity index (χ0) is 16.0. The Labute approximate surface area is 121 Å². The molecule has 0 unspecified atom stereocenters. The monoisotopic (exact) mass is 295 g/mol. The number of likely N-dealkylation sites (N-methyl/N-ethyl adjacent to an activating group) is 1. The molecule has 1 atom stereocenters. The number of ether oxygens (including phenoxy) is 1. The second-order valence-corrected chi connectivity index (χ2v) is 4.18. The summed E-state index contributed by atoms with van der Waals surface area (Å²) in [6.07, 6.45) is -0.985. The number of nitrogens with one attached hydrogen (secondary N) is 2. The van der Waals surface area contributed by atoms with Gasteiger partial charge < -0.3 is 15.4 Å². The molecule has 8 heteroatoms. The first-order valence-electron chi connectivity index (χ1n) is 6.35. The summed E-state index contributed by atoms with van der Waals surface area (Å²) in [5.74, 6) is -1.23. The Morgan fingerprint density at radius 2 is 2.10 bits per heavy atom. The van der Waals surface area contributed by atoms with Crippen molar-refractivity contribution >= 4 is 23.3 Å². The molecule has 0 heterocycles. The summed E-state index contributed by atoms with van der Waals surface area (Å²) in [4.78, 5) is 33.7. The van der Waals surface area contributed by atoms with Crippen LogP contribution in [0.2, 0.25) is 0 Å². The van der Waals surface area contributed by atoms with Crippen molar-refractivity contribution in [3.8, 4) is 0 Å². The maximum absolute atomic E-state index is 12.1. The van der Waals surface area contributed by atoms with Crippen LogP contribution in [0.4, 0.5) is 11.4 Å². The largest absolute Gasteiger partial charge is 0.449 e. The molecule has 2 N–H and O–H groups in total. The van der Waals surface area contributed by atoms with Crippen LogP contribution in [-0.4, -0.2) is 36.5 Å². The molecule has 0 aliphatic carbocycles. The van der Waals surface area contributed by atoms with Crippen LogP contribution in [0.5, 0.6) is 0 Å². The van der Waals surface area contributed by atoms with Crippen LogP contribution in [0.15, 0.2) is 18.2 Å². The summed E-state index contributed by atoms with van der Waals surface area (Å²) in [6, 6.07) is 3.79. The van der Waals surface area contributed by atoms with Crippen LogP contribution in [0.3, 0.4) is 0 Å². The highest BCUT2D eigenvalue weighted by atomic mass is 16.6. The van der Waals surface area contributed by atoms with Gasteiger partial charge in [-0.15, -0.1) is 0 Å². The number of nitro groups is 1. The molecule has 0 aliphatic heterocycles. The number of benzene rings is 1. The van der Waals surface area contributed by atoms with E-state index < -0.39 is 22.9 Å². The van der Waals surface area contributed by atoms with Gasteiger partial charge >= 0.3 is 5.97 Å². The Kier molecular flexibility index (Phi) is 5.65. The van der Waals surface area contributed by atoms with Crippen molar-refractivity contribution in [1.29, 1.82) is 0 Å². The Hall–Kier alpha value is -2.64. The van der Waals surface area contributed by atoms with E-state index >= 15 is 0 Å². The van der Waals surface area contributed by atoms with Crippen molar-refractivity contribution in [3.63, 3.8) is 0 Å². The number of amides is 1. The molecule has 0 saturated heterocycles. The van der Waals surface area contributed by atoms with Crippen molar-refractivity contribution in [2.45, 2.75) is 20.0 Å². The first kappa shape index (κ1) is 16.4. The van der Waals surface area contributed by atoms with Crippen molar-refractivity contribution in [2.75, 3.05) is 18.9 Å². The molecule has 8 nitrogen and oxygen atoms in total. The summed E-state index contributed by atoms with van der Waals surface area (Å²) in [6.45, 7) is 3.59. The number of non-ortho nitro benzene ring substituents is 1. The summed E-state index contributed by atoms with van der Waals surface area (Å²) < 4.78 is 5.01. The second kappa shape index (κ2) is 7.22. The van der Waals surface area contributed by atoms with Crippen LogP contribution < -0.4 is 10.6 Å². The van der Waals surface area contributed by atoms with E-state index in [1.54, 1.807) is 14.0 Å². The van der Waals surface area contributed by atoms with Crippen LogP contribution in [0.25, 0.3) is 0 Å². The first-order valence-corrected chi connectivity index (χ1v) is 6.35. The van der Waals surface area contributed by atoms with Gasteiger partial charge in [0, 0.05) is 31.4 Å². The number of rotatable bonds is 6. The van der Waals surface area contributed by atoms with Gasteiger partial charge in [0.2, 0.25) is 0 Å². The fraction of sp³-hybridized carbons (Fsp3) is 0.385. The van der Waals surface area contributed by atoms with Crippen LogP contribution >= 0.6 is 0 Å². The number of nitro benzene ring substituents is 1. The Morgan fingerprint density at radius 1 is 1.43 bits per heavy atom. The molecule has 0 aromatic heterocycles. The minimum absolute atomic E-state index is 0.00264. The Morgan fingerprint density at radius 3 is 2.62 bits per heavy atom. The Balaban J connectivity index is 2.97. The van der Waals surface area contributed by atoms with Gasteiger partial charge in [-0.25, -0.2) is 4.79 Å². The normalized spacial score (nSPS) is 11.4. The zero-order valence-electron chi connectivity index (χ0n) is 12.0. The fourth-order valence-corrected chi connectivity index (χ4v) is 1.63. The third-order valence-electron chi connectivity index (χ3n) is 2.71. The molecular formula is C13H17N3O5. The molecule has 0 fully saturated rings.